The molecule has 1 fully saturated rings. The summed E-state index contributed by atoms with van der Waals surface area (Å²) in [4.78, 5) is 19.4. The second-order valence-electron chi connectivity index (χ2n) is 6.90. The molecule has 1 aliphatic rings. The summed E-state index contributed by atoms with van der Waals surface area (Å²) in [7, 11) is 0. The monoisotopic (exact) mass is 358 g/mol. The van der Waals surface area contributed by atoms with Crippen molar-refractivity contribution < 1.29 is 4.79 Å². The molecule has 2 aromatic rings. The minimum absolute atomic E-state index is 0.0323. The number of benzene rings is 1. The Bertz CT molecular complexity index is 750. The Kier molecular flexibility index (Phi) is 5.51. The predicted octanol–water partition coefficient (Wildman–Crippen LogP) is 2.71. The van der Waals surface area contributed by atoms with Gasteiger partial charge in [-0.3, -0.25) is 9.69 Å². The highest BCUT2D eigenvalue weighted by Gasteiger charge is 2.31. The van der Waals surface area contributed by atoms with Gasteiger partial charge in [0.15, 0.2) is 0 Å². The van der Waals surface area contributed by atoms with Crippen molar-refractivity contribution in [2.75, 3.05) is 13.1 Å². The van der Waals surface area contributed by atoms with Crippen LogP contribution < -0.4 is 11.1 Å². The first-order valence-electron chi connectivity index (χ1n) is 8.74. The van der Waals surface area contributed by atoms with Gasteiger partial charge < -0.3 is 11.1 Å². The summed E-state index contributed by atoms with van der Waals surface area (Å²) in [6, 6.07) is 6.88. The average Bonchev–Trinajstić information content (AvgIpc) is 3.00. The van der Waals surface area contributed by atoms with Crippen LogP contribution in [0.1, 0.15) is 42.8 Å². The topological polar surface area (TPSA) is 71.2 Å². The van der Waals surface area contributed by atoms with Crippen LogP contribution in [-0.4, -0.2) is 34.9 Å². The van der Waals surface area contributed by atoms with Gasteiger partial charge in [-0.1, -0.05) is 12.1 Å². The molecule has 0 aliphatic carbocycles. The number of hydrogen-bond acceptors (Lipinski definition) is 5. The molecule has 0 radical (unpaired) electrons. The quantitative estimate of drug-likeness (QED) is 0.833. The number of carbonyl (C=O) groups excluding carboxylic acids is 1. The van der Waals surface area contributed by atoms with E-state index in [9.17, 15) is 4.79 Å². The summed E-state index contributed by atoms with van der Waals surface area (Å²) in [6.45, 7) is 9.18. The van der Waals surface area contributed by atoms with E-state index in [0.29, 0.717) is 25.0 Å². The zero-order valence-corrected chi connectivity index (χ0v) is 15.9. The van der Waals surface area contributed by atoms with E-state index in [1.165, 1.54) is 16.8 Å². The van der Waals surface area contributed by atoms with Crippen molar-refractivity contribution >= 4 is 17.2 Å². The van der Waals surface area contributed by atoms with Gasteiger partial charge in [-0.05, 0) is 36.6 Å². The molecule has 0 spiro atoms. The largest absolute Gasteiger partial charge is 0.352 e. The van der Waals surface area contributed by atoms with Gasteiger partial charge in [0.2, 0.25) is 5.91 Å². The SMILES string of the molecule is CC(=O)NCc1ccc(-c2cnc(C3CN(C(C)C)C3)s2)cc1CN. The van der Waals surface area contributed by atoms with Gasteiger partial charge in [0.05, 0.1) is 9.88 Å². The number of aromatic nitrogens is 1. The summed E-state index contributed by atoms with van der Waals surface area (Å²) in [5.74, 6) is 0.532. The normalized spacial score (nSPS) is 15.4. The number of rotatable bonds is 6. The number of carbonyl (C=O) groups is 1. The van der Waals surface area contributed by atoms with Gasteiger partial charge in [0.1, 0.15) is 0 Å². The molecular formula is C19H26N4OS. The minimum atomic E-state index is -0.0323. The summed E-state index contributed by atoms with van der Waals surface area (Å²) in [5.41, 5.74) is 9.18. The van der Waals surface area contributed by atoms with Crippen LogP contribution in [0.5, 0.6) is 0 Å². The van der Waals surface area contributed by atoms with Crippen LogP contribution in [0.2, 0.25) is 0 Å². The first kappa shape index (κ1) is 18.0. The van der Waals surface area contributed by atoms with Crippen LogP contribution in [0, 0.1) is 0 Å². The Hall–Kier alpha value is -1.76. The van der Waals surface area contributed by atoms with E-state index in [1.807, 2.05) is 6.20 Å². The summed E-state index contributed by atoms with van der Waals surface area (Å²) >= 11 is 1.78. The molecule has 1 aromatic carbocycles. The van der Waals surface area contributed by atoms with Crippen molar-refractivity contribution in [3.05, 3.63) is 40.5 Å². The molecule has 1 aliphatic heterocycles. The average molecular weight is 359 g/mol. The molecule has 0 bridgehead atoms. The Morgan fingerprint density at radius 3 is 2.80 bits per heavy atom. The van der Waals surface area contributed by atoms with Gasteiger partial charge in [-0.25, -0.2) is 4.98 Å². The van der Waals surface area contributed by atoms with Crippen LogP contribution in [0.3, 0.4) is 0 Å². The lowest BCUT2D eigenvalue weighted by molar-refractivity contribution is -0.119. The van der Waals surface area contributed by atoms with Crippen LogP contribution in [0.4, 0.5) is 0 Å². The van der Waals surface area contributed by atoms with Crippen LogP contribution in [-0.2, 0) is 17.9 Å². The molecule has 3 N–H and O–H groups in total. The molecule has 25 heavy (non-hydrogen) atoms. The van der Waals surface area contributed by atoms with Crippen molar-refractivity contribution in [2.24, 2.45) is 5.73 Å². The second-order valence-corrected chi connectivity index (χ2v) is 7.97. The van der Waals surface area contributed by atoms with Crippen molar-refractivity contribution in [2.45, 2.75) is 45.8 Å². The van der Waals surface area contributed by atoms with Gasteiger partial charge in [0.25, 0.3) is 0 Å². The fraction of sp³-hybridized carbons (Fsp3) is 0.474. The van der Waals surface area contributed by atoms with Gasteiger partial charge in [-0.2, -0.15) is 0 Å². The third-order valence-corrected chi connectivity index (χ3v) is 5.96. The smallest absolute Gasteiger partial charge is 0.217 e. The van der Waals surface area contributed by atoms with E-state index >= 15 is 0 Å². The van der Waals surface area contributed by atoms with Gasteiger partial charge in [0, 0.05) is 51.3 Å². The zero-order valence-electron chi connectivity index (χ0n) is 15.1. The fourth-order valence-electron chi connectivity index (χ4n) is 3.06. The van der Waals surface area contributed by atoms with Gasteiger partial charge in [-0.15, -0.1) is 11.3 Å². The molecule has 1 aromatic heterocycles. The van der Waals surface area contributed by atoms with Crippen molar-refractivity contribution in [1.82, 2.24) is 15.2 Å². The number of nitrogens with one attached hydrogen (secondary N) is 1. The van der Waals surface area contributed by atoms with Crippen LogP contribution >= 0.6 is 11.3 Å². The standard InChI is InChI=1S/C19H26N4OS/c1-12(2)23-10-17(11-23)19-22-9-18(25-19)14-4-5-15(8-21-13(3)24)16(6-14)7-20/h4-6,9,12,17H,7-8,10-11,20H2,1-3H3,(H,21,24). The van der Waals surface area contributed by atoms with Crippen molar-refractivity contribution in [1.29, 1.82) is 0 Å². The van der Waals surface area contributed by atoms with E-state index in [4.69, 9.17) is 5.73 Å². The van der Waals surface area contributed by atoms with E-state index in [-0.39, 0.29) is 5.91 Å². The maximum atomic E-state index is 11.1. The van der Waals surface area contributed by atoms with Crippen LogP contribution in [0.15, 0.2) is 24.4 Å². The maximum Gasteiger partial charge on any atom is 0.217 e. The molecule has 1 amide bonds. The van der Waals surface area contributed by atoms with E-state index in [2.05, 4.69) is 47.2 Å². The van der Waals surface area contributed by atoms with Crippen molar-refractivity contribution in [3.8, 4) is 10.4 Å². The Morgan fingerprint density at radius 1 is 1.40 bits per heavy atom. The molecule has 0 unspecified atom stereocenters. The summed E-state index contributed by atoms with van der Waals surface area (Å²) in [5, 5.41) is 4.06. The molecule has 5 nitrogen and oxygen atoms in total. The molecule has 2 heterocycles. The zero-order chi connectivity index (χ0) is 18.0. The van der Waals surface area contributed by atoms with E-state index in [0.717, 1.165) is 29.8 Å². The first-order valence-corrected chi connectivity index (χ1v) is 9.56. The first-order chi connectivity index (χ1) is 12.0. The summed E-state index contributed by atoms with van der Waals surface area (Å²) < 4.78 is 0. The van der Waals surface area contributed by atoms with Crippen molar-refractivity contribution in [3.63, 3.8) is 0 Å². The Labute approximate surface area is 153 Å². The number of thiazole rings is 1. The third-order valence-electron chi connectivity index (χ3n) is 4.75. The number of likely N-dealkylation sites (tertiary alicyclic amines) is 1. The molecular weight excluding hydrogens is 332 g/mol. The lowest BCUT2D eigenvalue weighted by Crippen LogP contribution is -2.48. The highest BCUT2D eigenvalue weighted by atomic mass is 32.1. The maximum absolute atomic E-state index is 11.1. The number of nitrogens with two attached hydrogens (primary N) is 1. The molecule has 6 heteroatoms. The highest BCUT2D eigenvalue weighted by Crippen LogP contribution is 2.35. The molecule has 134 valence electrons. The number of hydrogen-bond donors (Lipinski definition) is 2. The Morgan fingerprint density at radius 2 is 2.16 bits per heavy atom. The number of nitrogens with zero attached hydrogens (tertiary/aromatic N) is 2. The highest BCUT2D eigenvalue weighted by molar-refractivity contribution is 7.15. The minimum Gasteiger partial charge on any atom is -0.352 e. The fourth-order valence-corrected chi connectivity index (χ4v) is 4.06. The molecule has 0 saturated carbocycles. The summed E-state index contributed by atoms with van der Waals surface area (Å²) in [6.07, 6.45) is 1.97. The van der Waals surface area contributed by atoms with E-state index < -0.39 is 0 Å². The lowest BCUT2D eigenvalue weighted by atomic mass is 9.99. The Balaban J connectivity index is 1.73. The van der Waals surface area contributed by atoms with E-state index in [1.54, 1.807) is 11.3 Å². The second kappa shape index (κ2) is 7.64. The predicted molar refractivity (Wildman–Crippen MR) is 102 cm³/mol. The molecule has 1 saturated heterocycles. The number of amides is 1. The third kappa shape index (κ3) is 4.08. The van der Waals surface area contributed by atoms with Gasteiger partial charge >= 0.3 is 0 Å². The van der Waals surface area contributed by atoms with Crippen LogP contribution in [0.25, 0.3) is 10.4 Å². The molecule has 3 rings (SSSR count). The molecule has 0 atom stereocenters. The lowest BCUT2D eigenvalue weighted by Gasteiger charge is -2.41.